The molecule has 0 bridgehead atoms. The van der Waals surface area contributed by atoms with Gasteiger partial charge in [0.25, 0.3) is 11.1 Å². The minimum absolute atomic E-state index is 0.0261. The molecule has 2 aromatic heterocycles. The molecule has 0 radical (unpaired) electrons. The maximum absolute atomic E-state index is 12.7. The van der Waals surface area contributed by atoms with E-state index < -0.39 is 0 Å². The third-order valence-corrected chi connectivity index (χ3v) is 4.79. The smallest absolute Gasteiger partial charge is 0.267 e. The van der Waals surface area contributed by atoms with Crippen molar-refractivity contribution in [2.45, 2.75) is 46.1 Å². The van der Waals surface area contributed by atoms with Gasteiger partial charge in [-0.15, -0.1) is 0 Å². The highest BCUT2D eigenvalue weighted by Crippen LogP contribution is 2.25. The minimum atomic E-state index is -0.276. The molecule has 138 valence electrons. The zero-order chi connectivity index (χ0) is 18.8. The summed E-state index contributed by atoms with van der Waals surface area (Å²) in [5.41, 5.74) is 1.80. The summed E-state index contributed by atoms with van der Waals surface area (Å²) in [7, 11) is 0. The highest BCUT2D eigenvalue weighted by molar-refractivity contribution is 5.76. The Labute approximate surface area is 150 Å². The fourth-order valence-electron chi connectivity index (χ4n) is 3.27. The summed E-state index contributed by atoms with van der Waals surface area (Å²) in [6.45, 7) is 6.43. The number of nitrogens with zero attached hydrogens (tertiary/aromatic N) is 4. The highest BCUT2D eigenvalue weighted by Gasteiger charge is 2.26. The van der Waals surface area contributed by atoms with E-state index in [2.05, 4.69) is 15.1 Å². The maximum atomic E-state index is 12.7. The van der Waals surface area contributed by atoms with Crippen LogP contribution in [-0.2, 0) is 11.3 Å². The first-order valence-electron chi connectivity index (χ1n) is 8.74. The molecule has 1 atom stereocenters. The average Bonchev–Trinajstić information content (AvgIpc) is 2.59. The second kappa shape index (κ2) is 7.23. The van der Waals surface area contributed by atoms with E-state index in [-0.39, 0.29) is 29.5 Å². The molecule has 3 heterocycles. The number of rotatable bonds is 3. The summed E-state index contributed by atoms with van der Waals surface area (Å²) >= 11 is 0. The van der Waals surface area contributed by atoms with Gasteiger partial charge in [0, 0.05) is 31.1 Å². The molecule has 1 aliphatic heterocycles. The zero-order valence-corrected chi connectivity index (χ0v) is 15.3. The monoisotopic (exact) mass is 357 g/mol. The predicted octanol–water partition coefficient (Wildman–Crippen LogP) is 0.658. The molecule has 2 aromatic rings. The van der Waals surface area contributed by atoms with E-state index >= 15 is 0 Å². The lowest BCUT2D eigenvalue weighted by molar-refractivity contribution is -0.133. The number of nitrogens with one attached hydrogen (secondary N) is 1. The summed E-state index contributed by atoms with van der Waals surface area (Å²) in [6, 6.07) is 3.00. The summed E-state index contributed by atoms with van der Waals surface area (Å²) < 4.78 is 1.21. The lowest BCUT2D eigenvalue weighted by atomic mass is 9.94. The van der Waals surface area contributed by atoms with Crippen LogP contribution >= 0.6 is 0 Å². The van der Waals surface area contributed by atoms with Gasteiger partial charge in [0.05, 0.1) is 11.4 Å². The number of hydrogen-bond donors (Lipinski definition) is 1. The number of hydrogen-bond acceptors (Lipinski definition) is 5. The van der Waals surface area contributed by atoms with Crippen molar-refractivity contribution in [2.24, 2.45) is 0 Å². The lowest BCUT2D eigenvalue weighted by Gasteiger charge is -2.32. The van der Waals surface area contributed by atoms with Crippen LogP contribution in [0.1, 0.15) is 41.5 Å². The molecule has 0 aromatic carbocycles. The molecule has 1 unspecified atom stereocenters. The van der Waals surface area contributed by atoms with Crippen molar-refractivity contribution in [2.75, 3.05) is 13.1 Å². The van der Waals surface area contributed by atoms with E-state index in [4.69, 9.17) is 0 Å². The Balaban J connectivity index is 1.75. The Bertz CT molecular complexity index is 947. The summed E-state index contributed by atoms with van der Waals surface area (Å²) in [5.74, 6) is 0.453. The van der Waals surface area contributed by atoms with Gasteiger partial charge < -0.3 is 9.88 Å². The minimum Gasteiger partial charge on any atom is -0.340 e. The highest BCUT2D eigenvalue weighted by atomic mass is 16.2. The normalized spacial score (nSPS) is 17.3. The van der Waals surface area contributed by atoms with Crippen molar-refractivity contribution in [3.8, 4) is 0 Å². The standard InChI is InChI=1S/C18H23N5O3/c1-11-7-17(25)23(21-12(11)2)10-18(26)22-6-4-5-14(9-22)15-8-16(24)20-13(3)19-15/h7-8,14H,4-6,9-10H2,1-3H3,(H,19,20,24). The summed E-state index contributed by atoms with van der Waals surface area (Å²) in [6.07, 6.45) is 1.71. The van der Waals surface area contributed by atoms with Crippen LogP contribution in [0.3, 0.4) is 0 Å². The SMILES string of the molecule is Cc1nc(C2CCCN(C(=O)Cn3nc(C)c(C)cc3=O)C2)cc(=O)[nH]1. The molecule has 3 rings (SSSR count). The molecule has 8 nitrogen and oxygen atoms in total. The van der Waals surface area contributed by atoms with Crippen LogP contribution in [0.4, 0.5) is 0 Å². The molecule has 1 N–H and O–H groups in total. The van der Waals surface area contributed by atoms with Crippen LogP contribution in [0, 0.1) is 20.8 Å². The molecule has 1 fully saturated rings. The van der Waals surface area contributed by atoms with Gasteiger partial charge >= 0.3 is 0 Å². The van der Waals surface area contributed by atoms with Crippen LogP contribution in [0.15, 0.2) is 21.7 Å². The Morgan fingerprint density at radius 1 is 1.27 bits per heavy atom. The molecule has 26 heavy (non-hydrogen) atoms. The van der Waals surface area contributed by atoms with Crippen molar-refractivity contribution < 1.29 is 4.79 Å². The van der Waals surface area contributed by atoms with Crippen molar-refractivity contribution in [1.29, 1.82) is 0 Å². The topological polar surface area (TPSA) is 101 Å². The van der Waals surface area contributed by atoms with Crippen LogP contribution in [0.5, 0.6) is 0 Å². The van der Waals surface area contributed by atoms with Crippen molar-refractivity contribution in [3.63, 3.8) is 0 Å². The van der Waals surface area contributed by atoms with Crippen molar-refractivity contribution in [3.05, 3.63) is 55.6 Å². The maximum Gasteiger partial charge on any atom is 0.267 e. The van der Waals surface area contributed by atoms with Gasteiger partial charge in [0.15, 0.2) is 0 Å². The van der Waals surface area contributed by atoms with Gasteiger partial charge in [-0.05, 0) is 39.2 Å². The van der Waals surface area contributed by atoms with E-state index in [1.807, 2.05) is 13.8 Å². The van der Waals surface area contributed by atoms with Gasteiger partial charge in [0.2, 0.25) is 5.91 Å². The van der Waals surface area contributed by atoms with E-state index in [1.165, 1.54) is 16.8 Å². The Morgan fingerprint density at radius 2 is 2.04 bits per heavy atom. The van der Waals surface area contributed by atoms with Crippen molar-refractivity contribution >= 4 is 5.91 Å². The van der Waals surface area contributed by atoms with Crippen LogP contribution in [0.25, 0.3) is 0 Å². The van der Waals surface area contributed by atoms with Crippen LogP contribution in [0.2, 0.25) is 0 Å². The fourth-order valence-corrected chi connectivity index (χ4v) is 3.27. The molecular formula is C18H23N5O3. The Morgan fingerprint density at radius 3 is 2.77 bits per heavy atom. The Hall–Kier alpha value is -2.77. The fraction of sp³-hybridized carbons (Fsp3) is 0.500. The first kappa shape index (κ1) is 18.0. The van der Waals surface area contributed by atoms with Crippen molar-refractivity contribution in [1.82, 2.24) is 24.6 Å². The van der Waals surface area contributed by atoms with Crippen LogP contribution in [-0.4, -0.2) is 43.6 Å². The quantitative estimate of drug-likeness (QED) is 0.869. The van der Waals surface area contributed by atoms with Crippen LogP contribution < -0.4 is 11.1 Å². The number of aromatic amines is 1. The van der Waals surface area contributed by atoms with E-state index in [9.17, 15) is 14.4 Å². The van der Waals surface area contributed by atoms with Gasteiger partial charge in [-0.2, -0.15) is 5.10 Å². The third kappa shape index (κ3) is 3.89. The number of aromatic nitrogens is 4. The van der Waals surface area contributed by atoms with E-state index in [0.29, 0.717) is 24.6 Å². The van der Waals surface area contributed by atoms with E-state index in [0.717, 1.165) is 24.1 Å². The first-order chi connectivity index (χ1) is 12.3. The molecule has 1 aliphatic rings. The molecule has 1 amide bonds. The molecule has 1 saturated heterocycles. The molecule has 0 aliphatic carbocycles. The van der Waals surface area contributed by atoms with Gasteiger partial charge in [0.1, 0.15) is 12.4 Å². The van der Waals surface area contributed by atoms with E-state index in [1.54, 1.807) is 11.8 Å². The number of H-pyrrole nitrogens is 1. The molecule has 0 spiro atoms. The average molecular weight is 357 g/mol. The number of piperidine rings is 1. The summed E-state index contributed by atoms with van der Waals surface area (Å²) in [5, 5.41) is 4.21. The van der Waals surface area contributed by atoms with Gasteiger partial charge in [-0.3, -0.25) is 14.4 Å². The number of likely N-dealkylation sites (tertiary alicyclic amines) is 1. The number of amides is 1. The number of carbonyl (C=O) groups is 1. The third-order valence-electron chi connectivity index (χ3n) is 4.79. The summed E-state index contributed by atoms with van der Waals surface area (Å²) in [4.78, 5) is 45.2. The molecule has 8 heteroatoms. The zero-order valence-electron chi connectivity index (χ0n) is 15.3. The molecule has 0 saturated carbocycles. The van der Waals surface area contributed by atoms with Gasteiger partial charge in [-0.1, -0.05) is 0 Å². The molecular weight excluding hydrogens is 334 g/mol. The number of carbonyl (C=O) groups excluding carboxylic acids is 1. The first-order valence-corrected chi connectivity index (χ1v) is 8.74. The largest absolute Gasteiger partial charge is 0.340 e. The predicted molar refractivity (Wildman–Crippen MR) is 96.1 cm³/mol. The lowest BCUT2D eigenvalue weighted by Crippen LogP contribution is -2.43. The van der Waals surface area contributed by atoms with Gasteiger partial charge in [-0.25, -0.2) is 9.67 Å². The number of aryl methyl sites for hydroxylation is 3. The second-order valence-electron chi connectivity index (χ2n) is 6.84. The Kier molecular flexibility index (Phi) is 5.01. The second-order valence-corrected chi connectivity index (χ2v) is 6.84.